The molecule has 3 aromatic rings. The van der Waals surface area contributed by atoms with Crippen LogP contribution in [0.3, 0.4) is 0 Å². The molecule has 0 aliphatic rings. The van der Waals surface area contributed by atoms with Crippen LogP contribution in [0.25, 0.3) is 16.5 Å². The number of anilines is 1. The Bertz CT molecular complexity index is 1040. The van der Waals surface area contributed by atoms with E-state index in [-0.39, 0.29) is 0 Å². The van der Waals surface area contributed by atoms with Crippen LogP contribution in [0.1, 0.15) is 37.9 Å². The van der Waals surface area contributed by atoms with Crippen LogP contribution in [0.5, 0.6) is 11.5 Å². The van der Waals surface area contributed by atoms with Crippen LogP contribution in [-0.2, 0) is 0 Å². The van der Waals surface area contributed by atoms with Gasteiger partial charge in [0.2, 0.25) is 0 Å². The normalized spacial score (nSPS) is 11.4. The summed E-state index contributed by atoms with van der Waals surface area (Å²) < 4.78 is 13.6. The van der Waals surface area contributed by atoms with Crippen molar-refractivity contribution in [3.8, 4) is 17.2 Å². The molecule has 0 amide bonds. The maximum Gasteiger partial charge on any atom is 0.158 e. The van der Waals surface area contributed by atoms with Crippen molar-refractivity contribution in [3.05, 3.63) is 35.3 Å². The van der Waals surface area contributed by atoms with Gasteiger partial charge in [0.1, 0.15) is 11.5 Å². The summed E-state index contributed by atoms with van der Waals surface area (Å²) in [6, 6.07) is 5.97. The van der Waals surface area contributed by atoms with Gasteiger partial charge >= 0.3 is 0 Å². The van der Waals surface area contributed by atoms with Crippen LogP contribution >= 0.6 is 0 Å². The number of nitrogens with one attached hydrogen (secondary N) is 1. The fraction of sp³-hybridized carbons (Fsp3) is 0.500. The summed E-state index contributed by atoms with van der Waals surface area (Å²) in [5.41, 5.74) is 4.13. The summed E-state index contributed by atoms with van der Waals surface area (Å²) in [6.07, 6.45) is 0. The SMILES string of the molecule is CCOc1ccc(-n2c(C)c3c(C)nnc(NCCN(CC)CC)c3c2C)c(OC)c1. The van der Waals surface area contributed by atoms with Gasteiger partial charge in [-0.15, -0.1) is 5.10 Å². The molecule has 7 nitrogen and oxygen atoms in total. The molecular formula is C24H35N5O2. The first-order chi connectivity index (χ1) is 15.0. The molecular weight excluding hydrogens is 390 g/mol. The minimum Gasteiger partial charge on any atom is -0.494 e. The number of aryl methyl sites for hydroxylation is 3. The molecule has 0 saturated heterocycles. The Morgan fingerprint density at radius 3 is 2.35 bits per heavy atom. The highest BCUT2D eigenvalue weighted by Crippen LogP contribution is 2.37. The first-order valence-electron chi connectivity index (χ1n) is 11.1. The van der Waals surface area contributed by atoms with E-state index in [2.05, 4.69) is 52.7 Å². The van der Waals surface area contributed by atoms with E-state index in [0.717, 1.165) is 77.0 Å². The van der Waals surface area contributed by atoms with Crippen molar-refractivity contribution in [2.24, 2.45) is 0 Å². The average Bonchev–Trinajstić information content (AvgIpc) is 3.04. The lowest BCUT2D eigenvalue weighted by Gasteiger charge is -2.18. The summed E-state index contributed by atoms with van der Waals surface area (Å²) in [5, 5.41) is 14.7. The summed E-state index contributed by atoms with van der Waals surface area (Å²) in [5.74, 6) is 2.40. The lowest BCUT2D eigenvalue weighted by Crippen LogP contribution is -2.28. The molecule has 0 spiro atoms. The second-order valence-electron chi connectivity index (χ2n) is 7.61. The van der Waals surface area contributed by atoms with Gasteiger partial charge in [-0.05, 0) is 52.9 Å². The van der Waals surface area contributed by atoms with Gasteiger partial charge in [0.15, 0.2) is 5.82 Å². The summed E-state index contributed by atoms with van der Waals surface area (Å²) in [4.78, 5) is 2.39. The van der Waals surface area contributed by atoms with Crippen LogP contribution in [0.4, 0.5) is 5.82 Å². The first kappa shape index (κ1) is 22.9. The van der Waals surface area contributed by atoms with Gasteiger partial charge in [0.05, 0.1) is 25.1 Å². The summed E-state index contributed by atoms with van der Waals surface area (Å²) >= 11 is 0. The molecule has 0 unspecified atom stereocenters. The molecule has 2 heterocycles. The molecule has 2 aromatic heterocycles. The molecule has 0 atom stereocenters. The van der Waals surface area contributed by atoms with Crippen molar-refractivity contribution >= 4 is 16.6 Å². The van der Waals surface area contributed by atoms with E-state index in [1.54, 1.807) is 7.11 Å². The molecule has 0 saturated carbocycles. The highest BCUT2D eigenvalue weighted by atomic mass is 16.5. The second-order valence-corrected chi connectivity index (χ2v) is 7.61. The predicted molar refractivity (Wildman–Crippen MR) is 127 cm³/mol. The third-order valence-corrected chi connectivity index (χ3v) is 5.86. The fourth-order valence-electron chi connectivity index (χ4n) is 4.25. The van der Waals surface area contributed by atoms with Crippen LogP contribution in [0.2, 0.25) is 0 Å². The number of aromatic nitrogens is 3. The Hall–Kier alpha value is -2.80. The maximum absolute atomic E-state index is 5.72. The Morgan fingerprint density at radius 1 is 1.00 bits per heavy atom. The van der Waals surface area contributed by atoms with Gasteiger partial charge in [0, 0.05) is 41.3 Å². The molecule has 0 fully saturated rings. The highest BCUT2D eigenvalue weighted by molar-refractivity contribution is 5.98. The van der Waals surface area contributed by atoms with E-state index in [1.165, 1.54) is 0 Å². The lowest BCUT2D eigenvalue weighted by atomic mass is 10.1. The average molecular weight is 426 g/mol. The Kier molecular flexibility index (Phi) is 7.38. The number of hydrogen-bond acceptors (Lipinski definition) is 6. The van der Waals surface area contributed by atoms with Gasteiger partial charge in [-0.1, -0.05) is 13.8 Å². The third kappa shape index (κ3) is 4.46. The van der Waals surface area contributed by atoms with E-state index in [4.69, 9.17) is 9.47 Å². The van der Waals surface area contributed by atoms with Crippen molar-refractivity contribution in [2.45, 2.75) is 41.5 Å². The molecule has 0 radical (unpaired) electrons. The molecule has 0 aliphatic heterocycles. The zero-order valence-corrected chi connectivity index (χ0v) is 19.9. The fourth-order valence-corrected chi connectivity index (χ4v) is 4.25. The van der Waals surface area contributed by atoms with Crippen LogP contribution in [0.15, 0.2) is 18.2 Å². The topological polar surface area (TPSA) is 64.4 Å². The van der Waals surface area contributed by atoms with E-state index in [0.29, 0.717) is 6.61 Å². The number of fused-ring (bicyclic) bond motifs is 1. The Labute approximate surface area is 185 Å². The smallest absolute Gasteiger partial charge is 0.158 e. The second kappa shape index (κ2) is 10.0. The first-order valence-corrected chi connectivity index (χ1v) is 11.1. The molecule has 0 aliphatic carbocycles. The Morgan fingerprint density at radius 2 is 1.71 bits per heavy atom. The molecule has 0 bridgehead atoms. The monoisotopic (exact) mass is 425 g/mol. The van der Waals surface area contributed by atoms with Gasteiger partial charge in [0.25, 0.3) is 0 Å². The number of rotatable bonds is 10. The number of ether oxygens (including phenoxy) is 2. The molecule has 1 aromatic carbocycles. The number of nitrogens with zero attached hydrogens (tertiary/aromatic N) is 4. The van der Waals surface area contributed by atoms with E-state index in [9.17, 15) is 0 Å². The molecule has 31 heavy (non-hydrogen) atoms. The number of benzene rings is 1. The standard InChI is InChI=1S/C24H35N5O2/c1-8-28(9-2)14-13-25-24-23-18(6)29(17(5)22(23)16(4)26-27-24)20-12-11-19(31-10-3)15-21(20)30-7/h11-12,15H,8-10,13-14H2,1-7H3,(H,25,27). The summed E-state index contributed by atoms with van der Waals surface area (Å²) in [6.45, 7) is 17.1. The molecule has 168 valence electrons. The van der Waals surface area contributed by atoms with Gasteiger partial charge in [-0.2, -0.15) is 5.10 Å². The third-order valence-electron chi connectivity index (χ3n) is 5.86. The quantitative estimate of drug-likeness (QED) is 0.516. The van der Waals surface area contributed by atoms with Gasteiger partial charge in [-0.3, -0.25) is 0 Å². The van der Waals surface area contributed by atoms with Crippen LogP contribution < -0.4 is 14.8 Å². The molecule has 3 rings (SSSR count). The highest BCUT2D eigenvalue weighted by Gasteiger charge is 2.21. The van der Waals surface area contributed by atoms with Crippen LogP contribution in [-0.4, -0.2) is 59.6 Å². The van der Waals surface area contributed by atoms with Crippen molar-refractivity contribution < 1.29 is 9.47 Å². The van der Waals surface area contributed by atoms with Gasteiger partial charge < -0.3 is 24.3 Å². The summed E-state index contributed by atoms with van der Waals surface area (Å²) in [7, 11) is 1.69. The van der Waals surface area contributed by atoms with Crippen molar-refractivity contribution in [1.82, 2.24) is 19.7 Å². The van der Waals surface area contributed by atoms with E-state index in [1.807, 2.05) is 32.0 Å². The number of hydrogen-bond donors (Lipinski definition) is 1. The minimum atomic E-state index is 0.618. The van der Waals surface area contributed by atoms with Crippen LogP contribution in [0, 0.1) is 20.8 Å². The zero-order chi connectivity index (χ0) is 22.5. The maximum atomic E-state index is 5.72. The minimum absolute atomic E-state index is 0.618. The van der Waals surface area contributed by atoms with Crippen molar-refractivity contribution in [2.75, 3.05) is 45.2 Å². The number of likely N-dealkylation sites (N-methyl/N-ethyl adjacent to an activating group) is 1. The van der Waals surface area contributed by atoms with Gasteiger partial charge in [-0.25, -0.2) is 0 Å². The Balaban J connectivity index is 2.08. The molecule has 7 heteroatoms. The number of methoxy groups -OCH3 is 1. The van der Waals surface area contributed by atoms with E-state index < -0.39 is 0 Å². The van der Waals surface area contributed by atoms with Crippen molar-refractivity contribution in [1.29, 1.82) is 0 Å². The van der Waals surface area contributed by atoms with E-state index >= 15 is 0 Å². The lowest BCUT2D eigenvalue weighted by molar-refractivity contribution is 0.316. The predicted octanol–water partition coefficient (Wildman–Crippen LogP) is 4.51. The molecule has 1 N–H and O–H groups in total. The van der Waals surface area contributed by atoms with Crippen molar-refractivity contribution in [3.63, 3.8) is 0 Å². The zero-order valence-electron chi connectivity index (χ0n) is 19.9. The largest absolute Gasteiger partial charge is 0.494 e.